The number of nitrogens with one attached hydrogen (secondary N) is 2. The van der Waals surface area contributed by atoms with Crippen LogP contribution in [0.4, 0.5) is 14.6 Å². The van der Waals surface area contributed by atoms with Crippen LogP contribution >= 0.6 is 0 Å². The lowest BCUT2D eigenvalue weighted by molar-refractivity contribution is 0.573. The molecule has 0 amide bonds. The van der Waals surface area contributed by atoms with Gasteiger partial charge in [-0.1, -0.05) is 0 Å². The van der Waals surface area contributed by atoms with Gasteiger partial charge in [-0.25, -0.2) is 13.8 Å². The summed E-state index contributed by atoms with van der Waals surface area (Å²) in [4.78, 5) is 10.9. The van der Waals surface area contributed by atoms with Gasteiger partial charge in [0.25, 0.3) is 0 Å². The molecule has 1 fully saturated rings. The predicted molar refractivity (Wildman–Crippen MR) is 104 cm³/mol. The summed E-state index contributed by atoms with van der Waals surface area (Å²) in [5.41, 5.74) is 1.35. The van der Waals surface area contributed by atoms with Gasteiger partial charge in [0, 0.05) is 45.0 Å². The normalized spacial score (nSPS) is 14.9. The van der Waals surface area contributed by atoms with Crippen LogP contribution in [-0.2, 0) is 13.1 Å². The van der Waals surface area contributed by atoms with Crippen molar-refractivity contribution in [2.24, 2.45) is 4.99 Å². The second-order valence-electron chi connectivity index (χ2n) is 6.59. The van der Waals surface area contributed by atoms with Gasteiger partial charge in [0.05, 0.1) is 0 Å². The molecule has 0 atom stereocenters. The third-order valence-corrected chi connectivity index (χ3v) is 4.63. The standard InChI is InChI=1S/C20H25F2N5/c1-23-20(26-14-16-12-17(21)5-6-18(16)22)25-13-15-7-8-24-19(11-15)27-9-3-2-4-10-27/h5-8,11-12H,2-4,9-10,13-14H2,1H3,(H2,23,25,26). The minimum Gasteiger partial charge on any atom is -0.357 e. The number of halogens is 2. The zero-order valence-corrected chi connectivity index (χ0v) is 15.5. The third-order valence-electron chi connectivity index (χ3n) is 4.63. The summed E-state index contributed by atoms with van der Waals surface area (Å²) < 4.78 is 27.0. The maximum atomic E-state index is 13.7. The molecule has 0 saturated carbocycles. The summed E-state index contributed by atoms with van der Waals surface area (Å²) in [6.07, 6.45) is 5.51. The van der Waals surface area contributed by atoms with E-state index in [1.807, 2.05) is 12.3 Å². The van der Waals surface area contributed by atoms with E-state index in [9.17, 15) is 8.78 Å². The zero-order valence-electron chi connectivity index (χ0n) is 15.5. The first kappa shape index (κ1) is 19.1. The van der Waals surface area contributed by atoms with Crippen LogP contribution < -0.4 is 15.5 Å². The predicted octanol–water partition coefficient (Wildman–Crippen LogP) is 3.22. The van der Waals surface area contributed by atoms with Crippen molar-refractivity contribution in [2.75, 3.05) is 25.0 Å². The van der Waals surface area contributed by atoms with Gasteiger partial charge in [-0.3, -0.25) is 4.99 Å². The number of guanidine groups is 1. The number of piperidine rings is 1. The Bertz CT molecular complexity index is 788. The summed E-state index contributed by atoms with van der Waals surface area (Å²) in [7, 11) is 1.64. The van der Waals surface area contributed by atoms with Crippen LogP contribution in [0.1, 0.15) is 30.4 Å². The van der Waals surface area contributed by atoms with E-state index in [0.717, 1.165) is 36.6 Å². The summed E-state index contributed by atoms with van der Waals surface area (Å²) in [5.74, 6) is 0.617. The average molecular weight is 373 g/mol. The van der Waals surface area contributed by atoms with Crippen LogP contribution in [0.5, 0.6) is 0 Å². The van der Waals surface area contributed by atoms with Crippen molar-refractivity contribution in [1.82, 2.24) is 15.6 Å². The first-order chi connectivity index (χ1) is 13.2. The van der Waals surface area contributed by atoms with Gasteiger partial charge in [-0.2, -0.15) is 0 Å². The van der Waals surface area contributed by atoms with E-state index >= 15 is 0 Å². The molecule has 2 heterocycles. The first-order valence-electron chi connectivity index (χ1n) is 9.24. The lowest BCUT2D eigenvalue weighted by Gasteiger charge is -2.28. The molecule has 1 aliphatic heterocycles. The Morgan fingerprint density at radius 3 is 2.63 bits per heavy atom. The summed E-state index contributed by atoms with van der Waals surface area (Å²) in [5, 5.41) is 6.20. The molecule has 1 aromatic heterocycles. The number of rotatable bonds is 5. The molecule has 0 radical (unpaired) electrons. The monoisotopic (exact) mass is 373 g/mol. The van der Waals surface area contributed by atoms with Crippen molar-refractivity contribution in [2.45, 2.75) is 32.4 Å². The van der Waals surface area contributed by atoms with Crippen LogP contribution in [0.2, 0.25) is 0 Å². The van der Waals surface area contributed by atoms with Crippen molar-refractivity contribution in [1.29, 1.82) is 0 Å². The van der Waals surface area contributed by atoms with Gasteiger partial charge < -0.3 is 15.5 Å². The number of aliphatic imine (C=N–C) groups is 1. The van der Waals surface area contributed by atoms with E-state index in [4.69, 9.17) is 0 Å². The molecule has 2 aromatic rings. The molecule has 0 unspecified atom stereocenters. The molecule has 1 aromatic carbocycles. The van der Waals surface area contributed by atoms with Gasteiger partial charge in [-0.05, 0) is 55.2 Å². The van der Waals surface area contributed by atoms with E-state index in [1.165, 1.54) is 25.3 Å². The number of aromatic nitrogens is 1. The van der Waals surface area contributed by atoms with E-state index in [-0.39, 0.29) is 12.1 Å². The van der Waals surface area contributed by atoms with Crippen molar-refractivity contribution >= 4 is 11.8 Å². The molecule has 27 heavy (non-hydrogen) atoms. The van der Waals surface area contributed by atoms with Crippen LogP contribution in [0, 0.1) is 11.6 Å². The Kier molecular flexibility index (Phi) is 6.57. The maximum Gasteiger partial charge on any atom is 0.191 e. The quantitative estimate of drug-likeness (QED) is 0.624. The Labute approximate surface area is 158 Å². The lowest BCUT2D eigenvalue weighted by atomic mass is 10.1. The maximum absolute atomic E-state index is 13.7. The highest BCUT2D eigenvalue weighted by Gasteiger charge is 2.12. The SMILES string of the molecule is CN=C(NCc1ccnc(N2CCCCC2)c1)NCc1cc(F)ccc1F. The van der Waals surface area contributed by atoms with Crippen molar-refractivity contribution in [3.63, 3.8) is 0 Å². The smallest absolute Gasteiger partial charge is 0.191 e. The molecule has 0 aliphatic carbocycles. The molecule has 7 heteroatoms. The van der Waals surface area contributed by atoms with Gasteiger partial charge in [-0.15, -0.1) is 0 Å². The van der Waals surface area contributed by atoms with Crippen molar-refractivity contribution in [3.8, 4) is 0 Å². The van der Waals surface area contributed by atoms with E-state index in [1.54, 1.807) is 7.05 Å². The minimum atomic E-state index is -0.460. The fourth-order valence-corrected chi connectivity index (χ4v) is 3.13. The Morgan fingerprint density at radius 2 is 1.85 bits per heavy atom. The highest BCUT2D eigenvalue weighted by Crippen LogP contribution is 2.18. The lowest BCUT2D eigenvalue weighted by Crippen LogP contribution is -2.36. The fraction of sp³-hybridized carbons (Fsp3) is 0.400. The van der Waals surface area contributed by atoms with Crippen LogP contribution in [0.25, 0.3) is 0 Å². The number of anilines is 1. The Morgan fingerprint density at radius 1 is 1.07 bits per heavy atom. The van der Waals surface area contributed by atoms with Gasteiger partial charge in [0.2, 0.25) is 0 Å². The Hall–Kier alpha value is -2.70. The van der Waals surface area contributed by atoms with Gasteiger partial charge >= 0.3 is 0 Å². The molecule has 1 saturated heterocycles. The molecule has 0 bridgehead atoms. The second-order valence-corrected chi connectivity index (χ2v) is 6.59. The number of pyridine rings is 1. The van der Waals surface area contributed by atoms with Crippen molar-refractivity contribution < 1.29 is 8.78 Å². The highest BCUT2D eigenvalue weighted by atomic mass is 19.1. The molecular formula is C20H25F2N5. The molecule has 5 nitrogen and oxygen atoms in total. The first-order valence-corrected chi connectivity index (χ1v) is 9.24. The second kappa shape index (κ2) is 9.30. The molecule has 144 valence electrons. The summed E-state index contributed by atoms with van der Waals surface area (Å²) >= 11 is 0. The number of nitrogens with zero attached hydrogens (tertiary/aromatic N) is 3. The Balaban J connectivity index is 1.55. The van der Waals surface area contributed by atoms with E-state index in [0.29, 0.717) is 12.5 Å². The third kappa shape index (κ3) is 5.39. The highest BCUT2D eigenvalue weighted by molar-refractivity contribution is 5.79. The van der Waals surface area contributed by atoms with E-state index < -0.39 is 11.6 Å². The number of hydrogen-bond acceptors (Lipinski definition) is 3. The number of benzene rings is 1. The van der Waals surface area contributed by atoms with Crippen LogP contribution in [0.15, 0.2) is 41.5 Å². The largest absolute Gasteiger partial charge is 0.357 e. The number of hydrogen-bond donors (Lipinski definition) is 2. The zero-order chi connectivity index (χ0) is 19.1. The minimum absolute atomic E-state index is 0.151. The molecule has 2 N–H and O–H groups in total. The van der Waals surface area contributed by atoms with Crippen LogP contribution in [-0.4, -0.2) is 31.1 Å². The fourth-order valence-electron chi connectivity index (χ4n) is 3.13. The van der Waals surface area contributed by atoms with Gasteiger partial charge in [0.1, 0.15) is 17.5 Å². The molecule has 1 aliphatic rings. The molecular weight excluding hydrogens is 348 g/mol. The molecule has 0 spiro atoms. The summed E-state index contributed by atoms with van der Waals surface area (Å²) in [6, 6.07) is 7.46. The van der Waals surface area contributed by atoms with Gasteiger partial charge in [0.15, 0.2) is 5.96 Å². The average Bonchev–Trinajstić information content (AvgIpc) is 2.71. The van der Waals surface area contributed by atoms with E-state index in [2.05, 4.69) is 31.6 Å². The molecule has 3 rings (SSSR count). The van der Waals surface area contributed by atoms with Crippen LogP contribution in [0.3, 0.4) is 0 Å². The van der Waals surface area contributed by atoms with Crippen molar-refractivity contribution in [3.05, 3.63) is 59.3 Å². The topological polar surface area (TPSA) is 52.6 Å². The summed E-state index contributed by atoms with van der Waals surface area (Å²) in [6.45, 7) is 2.81.